The number of aromatic nitrogens is 3. The summed E-state index contributed by atoms with van der Waals surface area (Å²) < 4.78 is 1.70. The van der Waals surface area contributed by atoms with Crippen LogP contribution in [0.5, 0.6) is 0 Å². The van der Waals surface area contributed by atoms with Gasteiger partial charge in [0.05, 0.1) is 0 Å². The van der Waals surface area contributed by atoms with Crippen molar-refractivity contribution in [1.82, 2.24) is 25.4 Å². The lowest BCUT2D eigenvalue weighted by molar-refractivity contribution is -0.116. The van der Waals surface area contributed by atoms with Gasteiger partial charge in [0.1, 0.15) is 18.7 Å². The van der Waals surface area contributed by atoms with E-state index < -0.39 is 0 Å². The highest BCUT2D eigenvalue weighted by molar-refractivity contribution is 5.94. The Labute approximate surface area is 146 Å². The van der Waals surface area contributed by atoms with E-state index in [1.54, 1.807) is 4.68 Å². The number of para-hydroxylation sites is 1. The van der Waals surface area contributed by atoms with E-state index in [-0.39, 0.29) is 11.8 Å². The average Bonchev–Trinajstić information content (AvgIpc) is 3.02. The molecule has 1 atom stereocenters. The molecule has 0 spiro atoms. The number of nitrogens with one attached hydrogen (secondary N) is 3. The van der Waals surface area contributed by atoms with Crippen LogP contribution in [0.25, 0.3) is 0 Å². The van der Waals surface area contributed by atoms with Gasteiger partial charge in [-0.2, -0.15) is 5.10 Å². The Morgan fingerprint density at radius 1 is 1.40 bits per heavy atom. The Morgan fingerprint density at radius 2 is 2.24 bits per heavy atom. The summed E-state index contributed by atoms with van der Waals surface area (Å²) in [6.07, 6.45) is 1.98. The van der Waals surface area contributed by atoms with Crippen LogP contribution in [0.15, 0.2) is 35.6 Å². The summed E-state index contributed by atoms with van der Waals surface area (Å²) in [6.45, 7) is 3.85. The number of carbonyl (C=O) groups excluding carboxylic acids is 1. The van der Waals surface area contributed by atoms with Crippen molar-refractivity contribution < 1.29 is 4.79 Å². The minimum atomic E-state index is 0.0477. The molecule has 8 heteroatoms. The molecule has 132 valence electrons. The second kappa shape index (κ2) is 7.78. The number of carbonyl (C=O) groups is 1. The molecule has 0 aliphatic carbocycles. The Bertz CT molecular complexity index is 768. The molecule has 1 aliphatic rings. The summed E-state index contributed by atoms with van der Waals surface area (Å²) in [5, 5.41) is 13.5. The third-order valence-corrected chi connectivity index (χ3v) is 4.15. The normalized spacial score (nSPS) is 17.0. The van der Waals surface area contributed by atoms with Crippen LogP contribution in [0.2, 0.25) is 0 Å². The van der Waals surface area contributed by atoms with E-state index in [1.807, 2.05) is 32.2 Å². The van der Waals surface area contributed by atoms with Crippen LogP contribution in [-0.4, -0.2) is 39.7 Å². The number of anilines is 1. The lowest BCUT2D eigenvalue weighted by Gasteiger charge is -2.26. The summed E-state index contributed by atoms with van der Waals surface area (Å²) in [5.41, 5.74) is 2.05. The second-order valence-electron chi connectivity index (χ2n) is 5.91. The number of aliphatic imine (C=N–C) groups is 1. The molecule has 0 bridgehead atoms. The molecule has 2 aromatic rings. The number of guanidine groups is 1. The van der Waals surface area contributed by atoms with E-state index in [0.29, 0.717) is 25.5 Å². The molecule has 1 aliphatic heterocycles. The molecule has 8 nitrogen and oxygen atoms in total. The summed E-state index contributed by atoms with van der Waals surface area (Å²) in [5.74, 6) is 1.66. The highest BCUT2D eigenvalue weighted by Gasteiger charge is 2.24. The highest BCUT2D eigenvalue weighted by Crippen LogP contribution is 2.31. The molecule has 1 aromatic carbocycles. The first kappa shape index (κ1) is 16.9. The molecule has 0 saturated heterocycles. The van der Waals surface area contributed by atoms with Gasteiger partial charge in [-0.3, -0.25) is 9.48 Å². The number of fused-ring (bicyclic) bond motifs is 1. The fourth-order valence-electron chi connectivity index (χ4n) is 2.86. The van der Waals surface area contributed by atoms with Crippen LogP contribution in [0, 0.1) is 0 Å². The van der Waals surface area contributed by atoms with E-state index in [4.69, 9.17) is 0 Å². The zero-order valence-electron chi connectivity index (χ0n) is 14.5. The first-order valence-corrected chi connectivity index (χ1v) is 8.41. The zero-order chi connectivity index (χ0) is 17.6. The Kier molecular flexibility index (Phi) is 5.27. The fraction of sp³-hybridized carbons (Fsp3) is 0.412. The monoisotopic (exact) mass is 341 g/mol. The summed E-state index contributed by atoms with van der Waals surface area (Å²) in [7, 11) is 1.84. The van der Waals surface area contributed by atoms with Crippen molar-refractivity contribution in [3.8, 4) is 0 Å². The van der Waals surface area contributed by atoms with Gasteiger partial charge in [0.25, 0.3) is 0 Å². The van der Waals surface area contributed by atoms with E-state index in [0.717, 1.165) is 23.6 Å². The predicted octanol–water partition coefficient (Wildman–Crippen LogP) is 0.996. The molecular formula is C17H23N7O. The van der Waals surface area contributed by atoms with E-state index in [2.05, 4.69) is 37.1 Å². The Balaban J connectivity index is 1.67. The maximum Gasteiger partial charge on any atom is 0.225 e. The van der Waals surface area contributed by atoms with Crippen molar-refractivity contribution in [2.45, 2.75) is 25.8 Å². The molecule has 0 saturated carbocycles. The number of aryl methyl sites for hydroxylation is 1. The van der Waals surface area contributed by atoms with Crippen molar-refractivity contribution in [2.75, 3.05) is 18.4 Å². The molecule has 0 fully saturated rings. The highest BCUT2D eigenvalue weighted by atomic mass is 16.1. The van der Waals surface area contributed by atoms with Gasteiger partial charge in [0.2, 0.25) is 5.91 Å². The van der Waals surface area contributed by atoms with E-state index in [9.17, 15) is 4.79 Å². The maximum atomic E-state index is 11.9. The Hall–Kier alpha value is -2.90. The smallest absolute Gasteiger partial charge is 0.225 e. The molecule has 25 heavy (non-hydrogen) atoms. The number of benzene rings is 1. The number of hydrogen-bond donors (Lipinski definition) is 3. The SMILES string of the molecule is CCNC(=NCc1ncnn1C)NCC1CC(=O)Nc2ccccc21. The lowest BCUT2D eigenvalue weighted by Crippen LogP contribution is -2.40. The fourth-order valence-corrected chi connectivity index (χ4v) is 2.86. The second-order valence-corrected chi connectivity index (χ2v) is 5.91. The molecule has 1 amide bonds. The van der Waals surface area contributed by atoms with Crippen LogP contribution < -0.4 is 16.0 Å². The standard InChI is InChI=1S/C17H23N7O/c1-3-18-17(20-10-15-21-11-22-24(15)2)19-9-12-8-16(25)23-14-7-5-4-6-13(12)14/h4-7,11-12H,3,8-10H2,1-2H3,(H,23,25)(H2,18,19,20). The average molecular weight is 341 g/mol. The molecule has 3 N–H and O–H groups in total. The molecular weight excluding hydrogens is 318 g/mol. The van der Waals surface area contributed by atoms with Crippen molar-refractivity contribution in [1.29, 1.82) is 0 Å². The van der Waals surface area contributed by atoms with Gasteiger partial charge >= 0.3 is 0 Å². The van der Waals surface area contributed by atoms with Crippen LogP contribution in [0.4, 0.5) is 5.69 Å². The van der Waals surface area contributed by atoms with Gasteiger partial charge in [-0.25, -0.2) is 9.98 Å². The van der Waals surface area contributed by atoms with Crippen molar-refractivity contribution in [3.05, 3.63) is 42.0 Å². The Morgan fingerprint density at radius 3 is 3.00 bits per heavy atom. The largest absolute Gasteiger partial charge is 0.357 e. The van der Waals surface area contributed by atoms with E-state index >= 15 is 0 Å². The summed E-state index contributed by atoms with van der Waals surface area (Å²) in [6, 6.07) is 7.93. The zero-order valence-corrected chi connectivity index (χ0v) is 14.5. The van der Waals surface area contributed by atoms with Crippen LogP contribution in [-0.2, 0) is 18.4 Å². The van der Waals surface area contributed by atoms with Crippen molar-refractivity contribution in [2.24, 2.45) is 12.0 Å². The molecule has 0 radical (unpaired) electrons. The summed E-state index contributed by atoms with van der Waals surface area (Å²) in [4.78, 5) is 20.6. The van der Waals surface area contributed by atoms with Gasteiger partial charge in [0, 0.05) is 38.2 Å². The minimum Gasteiger partial charge on any atom is -0.357 e. The molecule has 2 heterocycles. The third-order valence-electron chi connectivity index (χ3n) is 4.15. The van der Waals surface area contributed by atoms with Crippen LogP contribution in [0.1, 0.15) is 30.7 Å². The van der Waals surface area contributed by atoms with Crippen LogP contribution in [0.3, 0.4) is 0 Å². The van der Waals surface area contributed by atoms with E-state index in [1.165, 1.54) is 6.33 Å². The number of rotatable bonds is 5. The minimum absolute atomic E-state index is 0.0477. The number of hydrogen-bond acceptors (Lipinski definition) is 4. The van der Waals surface area contributed by atoms with Crippen molar-refractivity contribution in [3.63, 3.8) is 0 Å². The lowest BCUT2D eigenvalue weighted by atomic mass is 9.90. The first-order chi connectivity index (χ1) is 12.2. The van der Waals surface area contributed by atoms with Gasteiger partial charge in [-0.05, 0) is 18.6 Å². The number of nitrogens with zero attached hydrogens (tertiary/aromatic N) is 4. The molecule has 3 rings (SSSR count). The van der Waals surface area contributed by atoms with Gasteiger partial charge in [-0.1, -0.05) is 18.2 Å². The van der Waals surface area contributed by atoms with Gasteiger partial charge < -0.3 is 16.0 Å². The third kappa shape index (κ3) is 4.14. The topological polar surface area (TPSA) is 96.2 Å². The van der Waals surface area contributed by atoms with Crippen LogP contribution >= 0.6 is 0 Å². The predicted molar refractivity (Wildman–Crippen MR) is 96.3 cm³/mol. The van der Waals surface area contributed by atoms with Crippen molar-refractivity contribution >= 4 is 17.6 Å². The summed E-state index contributed by atoms with van der Waals surface area (Å²) >= 11 is 0. The van der Waals surface area contributed by atoms with Gasteiger partial charge in [-0.15, -0.1) is 0 Å². The molecule has 1 unspecified atom stereocenters. The molecule has 1 aromatic heterocycles. The number of amides is 1. The van der Waals surface area contributed by atoms with Gasteiger partial charge in [0.15, 0.2) is 5.96 Å². The maximum absolute atomic E-state index is 11.9. The first-order valence-electron chi connectivity index (χ1n) is 8.41. The quantitative estimate of drug-likeness (QED) is 0.557.